The second-order valence-corrected chi connectivity index (χ2v) is 5.93. The van der Waals surface area contributed by atoms with Gasteiger partial charge in [0.05, 0.1) is 6.04 Å². The molecule has 0 saturated carbocycles. The maximum Gasteiger partial charge on any atom is 0.319 e. The Morgan fingerprint density at radius 1 is 1.32 bits per heavy atom. The van der Waals surface area contributed by atoms with Crippen molar-refractivity contribution in [1.82, 2.24) is 5.32 Å². The third-order valence-corrected chi connectivity index (χ3v) is 4.43. The summed E-state index contributed by atoms with van der Waals surface area (Å²) in [5.74, 6) is 0. The number of benzene rings is 1. The van der Waals surface area contributed by atoms with E-state index < -0.39 is 0 Å². The minimum atomic E-state index is -0.181. The van der Waals surface area contributed by atoms with Gasteiger partial charge in [-0.1, -0.05) is 12.1 Å². The van der Waals surface area contributed by atoms with E-state index in [-0.39, 0.29) is 12.1 Å². The van der Waals surface area contributed by atoms with Crippen LogP contribution in [0.1, 0.15) is 17.8 Å². The summed E-state index contributed by atoms with van der Waals surface area (Å²) in [7, 11) is 0. The molecule has 2 aromatic rings. The van der Waals surface area contributed by atoms with Crippen LogP contribution in [0.5, 0.6) is 0 Å². The molecule has 1 atom stereocenters. The summed E-state index contributed by atoms with van der Waals surface area (Å²) >= 11 is 3.29. The average molecular weight is 292 g/mol. The molecular weight excluding hydrogens is 276 g/mol. The third kappa shape index (κ3) is 4.01. The van der Waals surface area contributed by atoms with Crippen molar-refractivity contribution >= 4 is 34.8 Å². The van der Waals surface area contributed by atoms with Crippen LogP contribution in [0.2, 0.25) is 0 Å². The predicted molar refractivity (Wildman–Crippen MR) is 83.1 cm³/mol. The lowest BCUT2D eigenvalue weighted by molar-refractivity contribution is 0.249. The molecule has 3 nitrogen and oxygen atoms in total. The Morgan fingerprint density at radius 2 is 2.16 bits per heavy atom. The van der Waals surface area contributed by atoms with Gasteiger partial charge in [-0.05, 0) is 42.8 Å². The summed E-state index contributed by atoms with van der Waals surface area (Å²) in [5.41, 5.74) is 0.808. The molecule has 5 heteroatoms. The first-order valence-corrected chi connectivity index (χ1v) is 8.04. The van der Waals surface area contributed by atoms with Crippen molar-refractivity contribution in [3.05, 3.63) is 46.7 Å². The molecular formula is C14H16N2OS2. The number of carbonyl (C=O) groups excluding carboxylic acids is 1. The van der Waals surface area contributed by atoms with Crippen molar-refractivity contribution in [3.8, 4) is 0 Å². The molecule has 0 saturated heterocycles. The second-order valence-electron chi connectivity index (χ2n) is 4.07. The predicted octanol–water partition coefficient (Wildman–Crippen LogP) is 4.35. The lowest BCUT2D eigenvalue weighted by Gasteiger charge is -2.13. The summed E-state index contributed by atoms with van der Waals surface area (Å²) in [5, 5.41) is 7.78. The fraction of sp³-hybridized carbons (Fsp3) is 0.214. The molecule has 0 aliphatic rings. The highest BCUT2D eigenvalue weighted by Crippen LogP contribution is 2.20. The van der Waals surface area contributed by atoms with Crippen LogP contribution in [0, 0.1) is 0 Å². The normalized spacial score (nSPS) is 11.9. The zero-order valence-electron chi connectivity index (χ0n) is 10.8. The summed E-state index contributed by atoms with van der Waals surface area (Å²) in [6.07, 6.45) is 2.01. The van der Waals surface area contributed by atoms with Crippen LogP contribution >= 0.6 is 23.1 Å². The van der Waals surface area contributed by atoms with Crippen molar-refractivity contribution in [2.45, 2.75) is 17.9 Å². The van der Waals surface area contributed by atoms with Crippen LogP contribution in [-0.4, -0.2) is 12.3 Å². The van der Waals surface area contributed by atoms with Crippen molar-refractivity contribution in [3.63, 3.8) is 0 Å². The molecule has 0 radical (unpaired) electrons. The number of anilines is 1. The van der Waals surface area contributed by atoms with E-state index in [4.69, 9.17) is 0 Å². The quantitative estimate of drug-likeness (QED) is 0.822. The molecule has 100 valence electrons. The summed E-state index contributed by atoms with van der Waals surface area (Å²) in [6.45, 7) is 1.98. The van der Waals surface area contributed by atoms with E-state index in [0.29, 0.717) is 0 Å². The topological polar surface area (TPSA) is 41.1 Å². The van der Waals surface area contributed by atoms with Crippen LogP contribution < -0.4 is 10.6 Å². The SMILES string of the molecule is CSc1cccc(NC(=O)N[C@H](C)c2cccs2)c1. The van der Waals surface area contributed by atoms with Gasteiger partial charge in [0.2, 0.25) is 0 Å². The zero-order valence-corrected chi connectivity index (χ0v) is 12.5. The van der Waals surface area contributed by atoms with E-state index in [1.54, 1.807) is 23.1 Å². The van der Waals surface area contributed by atoms with Gasteiger partial charge in [-0.3, -0.25) is 0 Å². The molecule has 2 amide bonds. The number of urea groups is 1. The number of thioether (sulfide) groups is 1. The van der Waals surface area contributed by atoms with Crippen LogP contribution in [0.25, 0.3) is 0 Å². The van der Waals surface area contributed by atoms with Gasteiger partial charge >= 0.3 is 6.03 Å². The molecule has 1 aromatic carbocycles. The minimum absolute atomic E-state index is 0.0173. The molecule has 1 aromatic heterocycles. The maximum atomic E-state index is 11.9. The van der Waals surface area contributed by atoms with E-state index in [9.17, 15) is 4.79 Å². The highest BCUT2D eigenvalue weighted by atomic mass is 32.2. The highest BCUT2D eigenvalue weighted by Gasteiger charge is 2.10. The van der Waals surface area contributed by atoms with E-state index in [2.05, 4.69) is 10.6 Å². The highest BCUT2D eigenvalue weighted by molar-refractivity contribution is 7.98. The smallest absolute Gasteiger partial charge is 0.319 e. The molecule has 0 fully saturated rings. The van der Waals surface area contributed by atoms with Gasteiger partial charge in [-0.2, -0.15) is 0 Å². The number of hydrogen-bond acceptors (Lipinski definition) is 3. The van der Waals surface area contributed by atoms with Gasteiger partial charge in [-0.15, -0.1) is 23.1 Å². The molecule has 0 aliphatic heterocycles. The monoisotopic (exact) mass is 292 g/mol. The van der Waals surface area contributed by atoms with Crippen LogP contribution in [-0.2, 0) is 0 Å². The lowest BCUT2D eigenvalue weighted by Crippen LogP contribution is -2.30. The Morgan fingerprint density at radius 3 is 2.84 bits per heavy atom. The lowest BCUT2D eigenvalue weighted by atomic mass is 10.3. The molecule has 0 aliphatic carbocycles. The number of hydrogen-bond donors (Lipinski definition) is 2. The first-order chi connectivity index (χ1) is 9.19. The van der Waals surface area contributed by atoms with E-state index in [1.165, 1.54) is 0 Å². The minimum Gasteiger partial charge on any atom is -0.331 e. The van der Waals surface area contributed by atoms with Crippen molar-refractivity contribution in [2.24, 2.45) is 0 Å². The molecule has 2 rings (SSSR count). The van der Waals surface area contributed by atoms with Gasteiger partial charge in [0, 0.05) is 15.5 Å². The van der Waals surface area contributed by atoms with Gasteiger partial charge in [0.15, 0.2) is 0 Å². The Balaban J connectivity index is 1.93. The van der Waals surface area contributed by atoms with Crippen LogP contribution in [0.4, 0.5) is 10.5 Å². The summed E-state index contributed by atoms with van der Waals surface area (Å²) in [4.78, 5) is 14.2. The van der Waals surface area contributed by atoms with E-state index in [1.807, 2.05) is 55.0 Å². The van der Waals surface area contributed by atoms with Gasteiger partial charge < -0.3 is 10.6 Å². The van der Waals surface area contributed by atoms with Crippen molar-refractivity contribution < 1.29 is 4.79 Å². The second kappa shape index (κ2) is 6.63. The first-order valence-electron chi connectivity index (χ1n) is 5.94. The largest absolute Gasteiger partial charge is 0.331 e. The van der Waals surface area contributed by atoms with Gasteiger partial charge in [-0.25, -0.2) is 4.79 Å². The molecule has 1 heterocycles. The fourth-order valence-corrected chi connectivity index (χ4v) is 2.87. The Kier molecular flexibility index (Phi) is 4.87. The standard InChI is InChI=1S/C14H16N2OS2/c1-10(13-7-4-8-19-13)15-14(17)16-11-5-3-6-12(9-11)18-2/h3-10H,1-2H3,(H2,15,16,17)/t10-/m1/s1. The maximum absolute atomic E-state index is 11.9. The Labute approximate surface area is 121 Å². The molecule has 0 bridgehead atoms. The molecule has 2 N–H and O–H groups in total. The fourth-order valence-electron chi connectivity index (χ4n) is 1.67. The van der Waals surface area contributed by atoms with Crippen molar-refractivity contribution in [2.75, 3.05) is 11.6 Å². The summed E-state index contributed by atoms with van der Waals surface area (Å²) < 4.78 is 0. The summed E-state index contributed by atoms with van der Waals surface area (Å²) in [6, 6.07) is 11.6. The number of rotatable bonds is 4. The Hall–Kier alpha value is -1.46. The molecule has 0 spiro atoms. The molecule has 19 heavy (non-hydrogen) atoms. The number of carbonyl (C=O) groups is 1. The number of thiophene rings is 1. The van der Waals surface area contributed by atoms with Crippen molar-refractivity contribution in [1.29, 1.82) is 0 Å². The first kappa shape index (κ1) is 14.0. The van der Waals surface area contributed by atoms with E-state index in [0.717, 1.165) is 15.5 Å². The van der Waals surface area contributed by atoms with Gasteiger partial charge in [0.25, 0.3) is 0 Å². The van der Waals surface area contributed by atoms with E-state index >= 15 is 0 Å². The zero-order chi connectivity index (χ0) is 13.7. The van der Waals surface area contributed by atoms with Crippen LogP contribution in [0.15, 0.2) is 46.7 Å². The van der Waals surface area contributed by atoms with Gasteiger partial charge in [0.1, 0.15) is 0 Å². The average Bonchev–Trinajstić information content (AvgIpc) is 2.92. The number of amides is 2. The third-order valence-electron chi connectivity index (χ3n) is 2.65. The molecule has 0 unspecified atom stereocenters. The Bertz CT molecular complexity index is 540. The van der Waals surface area contributed by atoms with Crippen LogP contribution in [0.3, 0.4) is 0 Å². The number of nitrogens with one attached hydrogen (secondary N) is 2.